The van der Waals surface area contributed by atoms with Crippen LogP contribution in [0.2, 0.25) is 0 Å². The maximum atomic E-state index is 13.0. The van der Waals surface area contributed by atoms with Gasteiger partial charge >= 0.3 is 5.69 Å². The lowest BCUT2D eigenvalue weighted by Gasteiger charge is -2.03. The minimum absolute atomic E-state index is 0.0243. The van der Waals surface area contributed by atoms with Crippen LogP contribution in [0, 0.1) is 12.7 Å². The number of hydrogen-bond donors (Lipinski definition) is 3. The number of aryl methyl sites for hydroxylation is 1. The van der Waals surface area contributed by atoms with E-state index in [4.69, 9.17) is 0 Å². The summed E-state index contributed by atoms with van der Waals surface area (Å²) in [7, 11) is 0. The molecule has 0 atom stereocenters. The first-order chi connectivity index (χ1) is 11.0. The smallest absolute Gasteiger partial charge is 0.311 e. The molecule has 0 aliphatic carbocycles. The molecule has 0 aliphatic heterocycles. The minimum Gasteiger partial charge on any atom is -0.311 e. The van der Waals surface area contributed by atoms with E-state index in [1.807, 2.05) is 0 Å². The summed E-state index contributed by atoms with van der Waals surface area (Å²) in [6.45, 7) is 1.59. The molecule has 1 aromatic carbocycles. The fourth-order valence-corrected chi connectivity index (χ4v) is 1.99. The monoisotopic (exact) mass is 318 g/mol. The van der Waals surface area contributed by atoms with Gasteiger partial charge in [-0.25, -0.2) is 14.6 Å². The molecule has 0 aliphatic rings. The highest BCUT2D eigenvalue weighted by atomic mass is 19.1. The third-order valence-corrected chi connectivity index (χ3v) is 3.11. The molecule has 2 rings (SSSR count). The van der Waals surface area contributed by atoms with Crippen molar-refractivity contribution in [2.45, 2.75) is 19.8 Å². The summed E-state index contributed by atoms with van der Waals surface area (Å²) in [4.78, 5) is 39.0. The van der Waals surface area contributed by atoms with E-state index in [1.54, 1.807) is 13.0 Å². The number of H-pyrrole nitrogens is 2. The van der Waals surface area contributed by atoms with Crippen molar-refractivity contribution in [2.24, 2.45) is 5.10 Å². The van der Waals surface area contributed by atoms with Crippen LogP contribution in [0.15, 0.2) is 39.0 Å². The first kappa shape index (κ1) is 16.3. The van der Waals surface area contributed by atoms with Gasteiger partial charge in [0.1, 0.15) is 5.82 Å². The first-order valence-electron chi connectivity index (χ1n) is 6.85. The molecule has 1 aromatic heterocycles. The Kier molecular flexibility index (Phi) is 5.19. The molecule has 0 saturated heterocycles. The zero-order chi connectivity index (χ0) is 16.8. The summed E-state index contributed by atoms with van der Waals surface area (Å²) in [5.41, 5.74) is 2.48. The third-order valence-electron chi connectivity index (χ3n) is 3.11. The van der Waals surface area contributed by atoms with Gasteiger partial charge in [0.25, 0.3) is 5.56 Å². The molecule has 0 bridgehead atoms. The molecule has 1 heterocycles. The molecule has 23 heavy (non-hydrogen) atoms. The summed E-state index contributed by atoms with van der Waals surface area (Å²) in [6, 6.07) is 5.75. The largest absolute Gasteiger partial charge is 0.325 e. The first-order valence-corrected chi connectivity index (χ1v) is 6.85. The lowest BCUT2D eigenvalue weighted by molar-refractivity contribution is -0.121. The Morgan fingerprint density at radius 1 is 1.35 bits per heavy atom. The molecule has 0 radical (unpaired) electrons. The number of carbonyl (C=O) groups excluding carboxylic acids is 1. The van der Waals surface area contributed by atoms with Crippen LogP contribution < -0.4 is 16.7 Å². The molecule has 8 heteroatoms. The van der Waals surface area contributed by atoms with Gasteiger partial charge in [-0.15, -0.1) is 0 Å². The molecular formula is C15H15FN4O3. The number of hydrazone groups is 1. The van der Waals surface area contributed by atoms with E-state index < -0.39 is 23.0 Å². The zero-order valence-corrected chi connectivity index (χ0v) is 12.4. The molecule has 120 valence electrons. The fraction of sp³-hybridized carbons (Fsp3) is 0.200. The highest BCUT2D eigenvalue weighted by Crippen LogP contribution is 2.01. The van der Waals surface area contributed by atoms with Crippen molar-refractivity contribution in [3.8, 4) is 0 Å². The lowest BCUT2D eigenvalue weighted by atomic mass is 10.1. The fourth-order valence-electron chi connectivity index (χ4n) is 1.99. The Labute approximate surface area is 130 Å². The van der Waals surface area contributed by atoms with Crippen LogP contribution >= 0.6 is 0 Å². The van der Waals surface area contributed by atoms with Crippen LogP contribution in [0.25, 0.3) is 0 Å². The van der Waals surface area contributed by atoms with Crippen molar-refractivity contribution in [3.63, 3.8) is 0 Å². The van der Waals surface area contributed by atoms with E-state index in [0.29, 0.717) is 16.8 Å². The second-order valence-electron chi connectivity index (χ2n) is 4.86. The number of nitrogens with zero attached hydrogens (tertiary/aromatic N) is 1. The van der Waals surface area contributed by atoms with Crippen molar-refractivity contribution in [1.29, 1.82) is 0 Å². The predicted molar refractivity (Wildman–Crippen MR) is 82.9 cm³/mol. The summed E-state index contributed by atoms with van der Waals surface area (Å²) < 4.78 is 13.0. The highest BCUT2D eigenvalue weighted by molar-refractivity contribution is 5.82. The summed E-state index contributed by atoms with van der Waals surface area (Å²) in [6.07, 6.45) is 1.51. The van der Waals surface area contributed by atoms with E-state index in [0.717, 1.165) is 0 Å². The molecule has 2 aromatic rings. The maximum absolute atomic E-state index is 13.0. The number of carbonyl (C=O) groups is 1. The molecule has 7 nitrogen and oxygen atoms in total. The number of aromatic amines is 2. The van der Waals surface area contributed by atoms with Crippen LogP contribution in [-0.4, -0.2) is 22.1 Å². The van der Waals surface area contributed by atoms with Crippen molar-refractivity contribution >= 4 is 12.1 Å². The second kappa shape index (κ2) is 7.30. The Balaban J connectivity index is 1.91. The van der Waals surface area contributed by atoms with Gasteiger partial charge in [0.05, 0.1) is 6.21 Å². The molecule has 0 spiro atoms. The number of amides is 1. The van der Waals surface area contributed by atoms with E-state index in [2.05, 4.69) is 20.5 Å². The number of nitrogens with one attached hydrogen (secondary N) is 3. The van der Waals surface area contributed by atoms with E-state index in [-0.39, 0.29) is 12.8 Å². The van der Waals surface area contributed by atoms with Gasteiger partial charge in [0, 0.05) is 17.7 Å². The Hall–Kier alpha value is -3.03. The number of benzene rings is 1. The van der Waals surface area contributed by atoms with Gasteiger partial charge in [-0.05, 0) is 31.0 Å². The number of halogens is 1. The number of aromatic nitrogens is 2. The van der Waals surface area contributed by atoms with Gasteiger partial charge in [-0.3, -0.25) is 14.6 Å². The van der Waals surface area contributed by atoms with Crippen LogP contribution in [0.4, 0.5) is 4.39 Å². The molecular weight excluding hydrogens is 303 g/mol. The quantitative estimate of drug-likeness (QED) is 0.555. The maximum Gasteiger partial charge on any atom is 0.325 e. The Bertz CT molecular complexity index is 854. The molecule has 0 unspecified atom stereocenters. The SMILES string of the molecule is Cc1[nH]c(=O)[nH]c(=O)c1CCC(=O)N/N=C/c1cccc(F)c1. The van der Waals surface area contributed by atoms with Gasteiger partial charge in [-0.2, -0.15) is 5.10 Å². The van der Waals surface area contributed by atoms with Crippen molar-refractivity contribution in [2.75, 3.05) is 0 Å². The van der Waals surface area contributed by atoms with E-state index in [1.165, 1.54) is 24.4 Å². The molecule has 0 saturated carbocycles. The normalized spacial score (nSPS) is 10.9. The van der Waals surface area contributed by atoms with Crippen molar-refractivity contribution < 1.29 is 9.18 Å². The predicted octanol–water partition coefficient (Wildman–Crippen LogP) is 0.594. The lowest BCUT2D eigenvalue weighted by Crippen LogP contribution is -2.28. The topological polar surface area (TPSA) is 107 Å². The van der Waals surface area contributed by atoms with Crippen molar-refractivity contribution in [1.82, 2.24) is 15.4 Å². The average molecular weight is 318 g/mol. The minimum atomic E-state index is -0.583. The van der Waals surface area contributed by atoms with Gasteiger partial charge < -0.3 is 4.98 Å². The standard InChI is InChI=1S/C15H15FN4O3/c1-9-12(14(22)19-15(23)18-9)5-6-13(21)20-17-8-10-3-2-4-11(16)7-10/h2-4,7-8H,5-6H2,1H3,(H,20,21)(H2,18,19,22,23)/b17-8+. The van der Waals surface area contributed by atoms with Crippen LogP contribution in [0.5, 0.6) is 0 Å². The summed E-state index contributed by atoms with van der Waals surface area (Å²) in [5, 5.41) is 3.72. The highest BCUT2D eigenvalue weighted by Gasteiger charge is 2.08. The number of rotatable bonds is 5. The molecule has 1 amide bonds. The Morgan fingerprint density at radius 3 is 2.83 bits per heavy atom. The molecule has 3 N–H and O–H groups in total. The zero-order valence-electron chi connectivity index (χ0n) is 12.4. The van der Waals surface area contributed by atoms with E-state index >= 15 is 0 Å². The average Bonchev–Trinajstić information content (AvgIpc) is 2.46. The van der Waals surface area contributed by atoms with Gasteiger partial charge in [-0.1, -0.05) is 12.1 Å². The van der Waals surface area contributed by atoms with Crippen molar-refractivity contribution in [3.05, 3.63) is 67.7 Å². The van der Waals surface area contributed by atoms with Crippen LogP contribution in [-0.2, 0) is 11.2 Å². The summed E-state index contributed by atoms with van der Waals surface area (Å²) in [5.74, 6) is -0.796. The number of hydrogen-bond acceptors (Lipinski definition) is 4. The summed E-state index contributed by atoms with van der Waals surface area (Å²) >= 11 is 0. The second-order valence-corrected chi connectivity index (χ2v) is 4.86. The van der Waals surface area contributed by atoms with Gasteiger partial charge in [0.2, 0.25) is 5.91 Å². The van der Waals surface area contributed by atoms with Crippen LogP contribution in [0.1, 0.15) is 23.2 Å². The third kappa shape index (κ3) is 4.73. The van der Waals surface area contributed by atoms with Gasteiger partial charge in [0.15, 0.2) is 0 Å². The Morgan fingerprint density at radius 2 is 2.13 bits per heavy atom. The molecule has 0 fully saturated rings. The van der Waals surface area contributed by atoms with E-state index in [9.17, 15) is 18.8 Å². The van der Waals surface area contributed by atoms with Crippen LogP contribution in [0.3, 0.4) is 0 Å².